The molecule has 0 unspecified atom stereocenters. The van der Waals surface area contributed by atoms with Crippen molar-refractivity contribution < 1.29 is 4.79 Å². The molecule has 3 heteroatoms. The van der Waals surface area contributed by atoms with Gasteiger partial charge in [-0.3, -0.25) is 4.79 Å². The summed E-state index contributed by atoms with van der Waals surface area (Å²) in [4.78, 5) is 15.2. The van der Waals surface area contributed by atoms with Gasteiger partial charge >= 0.3 is 0 Å². The third kappa shape index (κ3) is 1.40. The number of aromatic nitrogens is 1. The number of benzene rings is 1. The number of hydrogen-bond acceptors (Lipinski definition) is 1. The Labute approximate surface area is 106 Å². The molecule has 1 amide bonds. The van der Waals surface area contributed by atoms with Crippen LogP contribution in [-0.4, -0.2) is 10.9 Å². The highest BCUT2D eigenvalue weighted by Crippen LogP contribution is 2.40. The van der Waals surface area contributed by atoms with E-state index in [1.807, 2.05) is 6.92 Å². The van der Waals surface area contributed by atoms with E-state index in [-0.39, 0.29) is 5.91 Å². The van der Waals surface area contributed by atoms with Crippen LogP contribution >= 0.6 is 0 Å². The van der Waals surface area contributed by atoms with Crippen LogP contribution in [0.1, 0.15) is 36.6 Å². The molecule has 0 aliphatic heterocycles. The maximum atomic E-state index is 11.8. The molecule has 3 N–H and O–H groups in total. The zero-order valence-electron chi connectivity index (χ0n) is 10.8. The minimum atomic E-state index is -0.541. The monoisotopic (exact) mass is 242 g/mol. The van der Waals surface area contributed by atoms with Gasteiger partial charge in [0.2, 0.25) is 5.91 Å². The van der Waals surface area contributed by atoms with Crippen molar-refractivity contribution in [3.05, 3.63) is 35.0 Å². The summed E-state index contributed by atoms with van der Waals surface area (Å²) in [5.41, 5.74) is 9.73. The average molecular weight is 242 g/mol. The summed E-state index contributed by atoms with van der Waals surface area (Å²) < 4.78 is 0. The van der Waals surface area contributed by atoms with Gasteiger partial charge in [-0.15, -0.1) is 0 Å². The zero-order chi connectivity index (χ0) is 12.9. The van der Waals surface area contributed by atoms with Gasteiger partial charge in [-0.25, -0.2) is 0 Å². The molecular formula is C15H18N2O. The molecule has 1 atom stereocenters. The van der Waals surface area contributed by atoms with E-state index in [0.717, 1.165) is 30.5 Å². The van der Waals surface area contributed by atoms with Crippen LogP contribution in [0.4, 0.5) is 0 Å². The number of hydrogen-bond donors (Lipinski definition) is 2. The van der Waals surface area contributed by atoms with E-state index in [0.29, 0.717) is 0 Å². The first-order chi connectivity index (χ1) is 8.52. The third-order valence-electron chi connectivity index (χ3n) is 4.26. The predicted octanol–water partition coefficient (Wildman–Crippen LogP) is 2.56. The highest BCUT2D eigenvalue weighted by atomic mass is 16.1. The molecule has 1 aromatic heterocycles. The number of nitrogens with two attached hydrogens (primary N) is 1. The summed E-state index contributed by atoms with van der Waals surface area (Å²) in [7, 11) is 0. The Morgan fingerprint density at radius 1 is 1.44 bits per heavy atom. The van der Waals surface area contributed by atoms with Gasteiger partial charge in [0.1, 0.15) is 0 Å². The Kier molecular flexibility index (Phi) is 2.27. The van der Waals surface area contributed by atoms with E-state index < -0.39 is 5.41 Å². The number of nitrogens with one attached hydrogen (secondary N) is 1. The number of aryl methyl sites for hydroxylation is 2. The van der Waals surface area contributed by atoms with Crippen LogP contribution in [0.2, 0.25) is 0 Å². The van der Waals surface area contributed by atoms with Gasteiger partial charge in [0, 0.05) is 16.6 Å². The lowest BCUT2D eigenvalue weighted by atomic mass is 9.74. The Morgan fingerprint density at radius 3 is 2.94 bits per heavy atom. The summed E-state index contributed by atoms with van der Waals surface area (Å²) in [6.45, 7) is 4.05. The molecule has 94 valence electrons. The summed E-state index contributed by atoms with van der Waals surface area (Å²) in [6, 6.07) is 6.37. The SMILES string of the molecule is Cc1ccc2[nH]c3c(c2c1)CCC[C@]3(C)C(N)=O. The summed E-state index contributed by atoms with van der Waals surface area (Å²) in [5, 5.41) is 1.25. The second-order valence-corrected chi connectivity index (χ2v) is 5.58. The van der Waals surface area contributed by atoms with Gasteiger partial charge in [-0.1, -0.05) is 11.6 Å². The number of primary amides is 1. The quantitative estimate of drug-likeness (QED) is 0.793. The van der Waals surface area contributed by atoms with Crippen molar-refractivity contribution >= 4 is 16.8 Å². The van der Waals surface area contributed by atoms with Crippen LogP contribution < -0.4 is 5.73 Å². The van der Waals surface area contributed by atoms with Crippen molar-refractivity contribution in [2.75, 3.05) is 0 Å². The second kappa shape index (κ2) is 3.61. The minimum Gasteiger partial charge on any atom is -0.369 e. The molecule has 1 heterocycles. The number of aromatic amines is 1. The van der Waals surface area contributed by atoms with Crippen molar-refractivity contribution in [3.8, 4) is 0 Å². The molecule has 1 aliphatic carbocycles. The average Bonchev–Trinajstić information content (AvgIpc) is 2.69. The lowest BCUT2D eigenvalue weighted by Gasteiger charge is -2.30. The van der Waals surface area contributed by atoms with Crippen LogP contribution in [0.15, 0.2) is 18.2 Å². The van der Waals surface area contributed by atoms with Gasteiger partial charge in [0.05, 0.1) is 5.41 Å². The molecule has 0 spiro atoms. The zero-order valence-corrected chi connectivity index (χ0v) is 10.8. The fourth-order valence-electron chi connectivity index (χ4n) is 3.08. The molecule has 3 nitrogen and oxygen atoms in total. The first kappa shape index (κ1) is 11.3. The van der Waals surface area contributed by atoms with Crippen molar-refractivity contribution in [1.29, 1.82) is 0 Å². The van der Waals surface area contributed by atoms with E-state index in [1.165, 1.54) is 16.5 Å². The number of carbonyl (C=O) groups is 1. The minimum absolute atomic E-state index is 0.230. The van der Waals surface area contributed by atoms with E-state index in [1.54, 1.807) is 0 Å². The molecule has 0 bridgehead atoms. The van der Waals surface area contributed by atoms with Crippen LogP contribution in [0.3, 0.4) is 0 Å². The summed E-state index contributed by atoms with van der Waals surface area (Å²) >= 11 is 0. The molecule has 3 rings (SSSR count). The second-order valence-electron chi connectivity index (χ2n) is 5.58. The molecule has 18 heavy (non-hydrogen) atoms. The van der Waals surface area contributed by atoms with Crippen molar-refractivity contribution in [2.45, 2.75) is 38.5 Å². The largest absolute Gasteiger partial charge is 0.369 e. The van der Waals surface area contributed by atoms with Crippen LogP contribution in [0, 0.1) is 6.92 Å². The van der Waals surface area contributed by atoms with Crippen LogP contribution in [-0.2, 0) is 16.6 Å². The first-order valence-corrected chi connectivity index (χ1v) is 6.44. The molecule has 1 aromatic carbocycles. The Balaban J connectivity index is 2.31. The topological polar surface area (TPSA) is 58.9 Å². The Morgan fingerprint density at radius 2 is 2.22 bits per heavy atom. The van der Waals surface area contributed by atoms with Crippen molar-refractivity contribution in [1.82, 2.24) is 4.98 Å². The summed E-state index contributed by atoms with van der Waals surface area (Å²) in [6.07, 6.45) is 2.89. The number of rotatable bonds is 1. The van der Waals surface area contributed by atoms with Gasteiger partial charge < -0.3 is 10.7 Å². The lowest BCUT2D eigenvalue weighted by Crippen LogP contribution is -2.41. The fourth-order valence-corrected chi connectivity index (χ4v) is 3.08. The molecule has 0 saturated carbocycles. The van der Waals surface area contributed by atoms with E-state index in [4.69, 9.17) is 5.73 Å². The lowest BCUT2D eigenvalue weighted by molar-refractivity contribution is -0.123. The Hall–Kier alpha value is -1.77. The highest BCUT2D eigenvalue weighted by molar-refractivity contribution is 5.92. The number of carbonyl (C=O) groups excluding carboxylic acids is 1. The summed E-state index contributed by atoms with van der Waals surface area (Å²) in [5.74, 6) is -0.230. The van der Waals surface area contributed by atoms with E-state index in [9.17, 15) is 4.79 Å². The van der Waals surface area contributed by atoms with Crippen LogP contribution in [0.25, 0.3) is 10.9 Å². The molecule has 0 fully saturated rings. The maximum Gasteiger partial charge on any atom is 0.229 e. The fraction of sp³-hybridized carbons (Fsp3) is 0.400. The van der Waals surface area contributed by atoms with Gasteiger partial charge in [0.15, 0.2) is 0 Å². The predicted molar refractivity (Wildman–Crippen MR) is 72.5 cm³/mol. The van der Waals surface area contributed by atoms with Gasteiger partial charge in [-0.2, -0.15) is 0 Å². The molecule has 0 saturated heterocycles. The molecular weight excluding hydrogens is 224 g/mol. The molecule has 2 aromatic rings. The highest BCUT2D eigenvalue weighted by Gasteiger charge is 2.39. The van der Waals surface area contributed by atoms with Crippen LogP contribution in [0.5, 0.6) is 0 Å². The van der Waals surface area contributed by atoms with E-state index in [2.05, 4.69) is 30.1 Å². The maximum absolute atomic E-state index is 11.8. The van der Waals surface area contributed by atoms with Crippen molar-refractivity contribution in [2.24, 2.45) is 5.73 Å². The smallest absolute Gasteiger partial charge is 0.229 e. The van der Waals surface area contributed by atoms with Gasteiger partial charge in [-0.05, 0) is 50.8 Å². The standard InChI is InChI=1S/C15H18N2O/c1-9-5-6-12-11(8-9)10-4-3-7-15(2,14(16)18)13(10)17-12/h5-6,8,17H,3-4,7H2,1-2H3,(H2,16,18)/t15-/m0/s1. The third-order valence-corrected chi connectivity index (χ3v) is 4.26. The number of H-pyrrole nitrogens is 1. The van der Waals surface area contributed by atoms with Gasteiger partial charge in [0.25, 0.3) is 0 Å². The first-order valence-electron chi connectivity index (χ1n) is 6.44. The number of amides is 1. The normalized spacial score (nSPS) is 23.0. The molecule has 1 aliphatic rings. The Bertz CT molecular complexity index is 641. The van der Waals surface area contributed by atoms with Crippen molar-refractivity contribution in [3.63, 3.8) is 0 Å². The molecule has 0 radical (unpaired) electrons. The number of fused-ring (bicyclic) bond motifs is 3. The van der Waals surface area contributed by atoms with E-state index >= 15 is 0 Å².